The summed E-state index contributed by atoms with van der Waals surface area (Å²) in [5, 5.41) is 0. The van der Waals surface area contributed by atoms with Gasteiger partial charge in [0.05, 0.1) is 10.6 Å². The molecule has 0 aliphatic carbocycles. The molecule has 0 fully saturated rings. The molecule has 0 unspecified atom stereocenters. The Morgan fingerprint density at radius 2 is 2.05 bits per heavy atom. The van der Waals surface area contributed by atoms with E-state index in [1.54, 1.807) is 6.07 Å². The van der Waals surface area contributed by atoms with Crippen LogP contribution in [0.3, 0.4) is 0 Å². The number of nitrogens with two attached hydrogens (primary N) is 2. The van der Waals surface area contributed by atoms with Gasteiger partial charge in [-0.2, -0.15) is 4.99 Å². The van der Waals surface area contributed by atoms with Crippen molar-refractivity contribution < 1.29 is 13.2 Å². The summed E-state index contributed by atoms with van der Waals surface area (Å²) >= 11 is 0. The van der Waals surface area contributed by atoms with Crippen molar-refractivity contribution in [3.63, 3.8) is 0 Å². The summed E-state index contributed by atoms with van der Waals surface area (Å²) in [5.74, 6) is -0.858. The number of fused-ring (bicyclic) bond motifs is 1. The molecule has 0 spiro atoms. The standard InChI is InChI=1S/C12H15N3O3S/c1-2-7-5-8-3-4-19(17,18)10(8)6-9(7)11(16)15-12(13)14/h5-6H,2-4H2,1H3,(H4,13,14,15,16). The third kappa shape index (κ3) is 2.46. The first-order valence-corrected chi connectivity index (χ1v) is 7.53. The van der Waals surface area contributed by atoms with Gasteiger partial charge in [-0.05, 0) is 30.0 Å². The first kappa shape index (κ1) is 13.5. The highest BCUT2D eigenvalue weighted by molar-refractivity contribution is 7.91. The van der Waals surface area contributed by atoms with Crippen molar-refractivity contribution in [3.05, 3.63) is 28.8 Å². The minimum absolute atomic E-state index is 0.0887. The number of amides is 1. The van der Waals surface area contributed by atoms with Gasteiger partial charge in [0.2, 0.25) is 0 Å². The lowest BCUT2D eigenvalue weighted by molar-refractivity contribution is 0.100. The van der Waals surface area contributed by atoms with Gasteiger partial charge in [0.1, 0.15) is 0 Å². The largest absolute Gasteiger partial charge is 0.370 e. The van der Waals surface area contributed by atoms with Crippen LogP contribution in [0.1, 0.15) is 28.4 Å². The molecule has 102 valence electrons. The number of guanidine groups is 1. The number of carbonyl (C=O) groups is 1. The van der Waals surface area contributed by atoms with E-state index in [1.807, 2.05) is 6.92 Å². The van der Waals surface area contributed by atoms with E-state index in [9.17, 15) is 13.2 Å². The van der Waals surface area contributed by atoms with Crippen LogP contribution in [-0.4, -0.2) is 26.0 Å². The zero-order chi connectivity index (χ0) is 14.2. The lowest BCUT2D eigenvalue weighted by Crippen LogP contribution is -2.24. The van der Waals surface area contributed by atoms with E-state index in [0.29, 0.717) is 12.8 Å². The lowest BCUT2D eigenvalue weighted by Gasteiger charge is -2.08. The van der Waals surface area contributed by atoms with Crippen LogP contribution < -0.4 is 11.5 Å². The van der Waals surface area contributed by atoms with Crippen LogP contribution in [0, 0.1) is 0 Å². The molecule has 0 bridgehead atoms. The van der Waals surface area contributed by atoms with Crippen LogP contribution in [0.2, 0.25) is 0 Å². The lowest BCUT2D eigenvalue weighted by atomic mass is 10.0. The van der Waals surface area contributed by atoms with Gasteiger partial charge < -0.3 is 11.5 Å². The molecule has 7 heteroatoms. The Labute approximate surface area is 111 Å². The maximum Gasteiger partial charge on any atom is 0.280 e. The molecule has 1 amide bonds. The number of rotatable bonds is 2. The van der Waals surface area contributed by atoms with E-state index in [4.69, 9.17) is 11.5 Å². The summed E-state index contributed by atoms with van der Waals surface area (Å²) in [7, 11) is -3.28. The van der Waals surface area contributed by atoms with Crippen LogP contribution in [0.5, 0.6) is 0 Å². The predicted octanol–water partition coefficient (Wildman–Crippen LogP) is -0.00760. The summed E-state index contributed by atoms with van der Waals surface area (Å²) in [6.45, 7) is 1.89. The number of hydrogen-bond donors (Lipinski definition) is 2. The van der Waals surface area contributed by atoms with Crippen molar-refractivity contribution in [2.75, 3.05) is 5.75 Å². The molecule has 1 aliphatic heterocycles. The average Bonchev–Trinajstić information content (AvgIpc) is 2.62. The zero-order valence-corrected chi connectivity index (χ0v) is 11.3. The fourth-order valence-corrected chi connectivity index (χ4v) is 3.75. The Morgan fingerprint density at radius 1 is 1.37 bits per heavy atom. The normalized spacial score (nSPS) is 15.8. The van der Waals surface area contributed by atoms with Gasteiger partial charge in [0, 0.05) is 5.56 Å². The van der Waals surface area contributed by atoms with E-state index >= 15 is 0 Å². The SMILES string of the molecule is CCc1cc2c(cc1C(=O)N=C(N)N)S(=O)(=O)CC2. The Morgan fingerprint density at radius 3 is 2.63 bits per heavy atom. The molecule has 0 saturated heterocycles. The Balaban J connectivity index is 2.62. The number of sulfone groups is 1. The molecule has 0 saturated carbocycles. The van der Waals surface area contributed by atoms with Crippen molar-refractivity contribution in [2.24, 2.45) is 16.5 Å². The summed E-state index contributed by atoms with van der Waals surface area (Å²) < 4.78 is 23.7. The second kappa shape index (κ2) is 4.65. The number of carbonyl (C=O) groups excluding carboxylic acids is 1. The van der Waals surface area contributed by atoms with E-state index in [1.165, 1.54) is 6.07 Å². The second-order valence-corrected chi connectivity index (χ2v) is 6.46. The Kier molecular flexibility index (Phi) is 3.32. The summed E-state index contributed by atoms with van der Waals surface area (Å²) in [6.07, 6.45) is 1.09. The molecular formula is C12H15N3O3S. The van der Waals surface area contributed by atoms with Gasteiger partial charge in [-0.3, -0.25) is 4.79 Å². The fraction of sp³-hybridized carbons (Fsp3) is 0.333. The molecule has 0 aromatic heterocycles. The van der Waals surface area contributed by atoms with Gasteiger partial charge in [-0.15, -0.1) is 0 Å². The zero-order valence-electron chi connectivity index (χ0n) is 10.5. The quantitative estimate of drug-likeness (QED) is 0.584. The Bertz CT molecular complexity index is 674. The van der Waals surface area contributed by atoms with Crippen LogP contribution in [0.4, 0.5) is 0 Å². The summed E-state index contributed by atoms with van der Waals surface area (Å²) in [5.41, 5.74) is 12.1. The molecule has 19 heavy (non-hydrogen) atoms. The molecule has 2 rings (SSSR count). The van der Waals surface area contributed by atoms with Crippen molar-refractivity contribution in [3.8, 4) is 0 Å². The van der Waals surface area contributed by atoms with Crippen LogP contribution in [-0.2, 0) is 22.7 Å². The maximum atomic E-state index is 11.9. The number of nitrogens with zero attached hydrogens (tertiary/aromatic N) is 1. The second-order valence-electron chi connectivity index (χ2n) is 4.38. The summed E-state index contributed by atoms with van der Waals surface area (Å²) in [6, 6.07) is 3.15. The number of hydrogen-bond acceptors (Lipinski definition) is 3. The third-order valence-electron chi connectivity index (χ3n) is 3.10. The minimum atomic E-state index is -3.28. The van der Waals surface area contributed by atoms with Crippen LogP contribution in [0.25, 0.3) is 0 Å². The molecule has 4 N–H and O–H groups in total. The molecule has 0 atom stereocenters. The highest BCUT2D eigenvalue weighted by Crippen LogP contribution is 2.29. The highest BCUT2D eigenvalue weighted by atomic mass is 32.2. The molecule has 1 aromatic carbocycles. The van der Waals surface area contributed by atoms with Gasteiger partial charge >= 0.3 is 0 Å². The van der Waals surface area contributed by atoms with E-state index in [0.717, 1.165) is 11.1 Å². The van der Waals surface area contributed by atoms with Crippen molar-refractivity contribution in [1.29, 1.82) is 0 Å². The number of aryl methyl sites for hydroxylation is 2. The van der Waals surface area contributed by atoms with E-state index in [2.05, 4.69) is 4.99 Å². The number of aliphatic imine (C=N–C) groups is 1. The highest BCUT2D eigenvalue weighted by Gasteiger charge is 2.28. The van der Waals surface area contributed by atoms with Crippen LogP contribution in [0.15, 0.2) is 22.0 Å². The van der Waals surface area contributed by atoms with Gasteiger partial charge in [-0.25, -0.2) is 8.42 Å². The smallest absolute Gasteiger partial charge is 0.280 e. The minimum Gasteiger partial charge on any atom is -0.370 e. The third-order valence-corrected chi connectivity index (χ3v) is 4.90. The van der Waals surface area contributed by atoms with Gasteiger partial charge in [0.25, 0.3) is 5.91 Å². The predicted molar refractivity (Wildman–Crippen MR) is 71.7 cm³/mol. The molecule has 0 radical (unpaired) electrons. The summed E-state index contributed by atoms with van der Waals surface area (Å²) in [4.78, 5) is 15.6. The van der Waals surface area contributed by atoms with Crippen molar-refractivity contribution >= 4 is 21.7 Å². The molecular weight excluding hydrogens is 266 g/mol. The molecule has 6 nitrogen and oxygen atoms in total. The number of benzene rings is 1. The van der Waals surface area contributed by atoms with Crippen molar-refractivity contribution in [2.45, 2.75) is 24.7 Å². The fourth-order valence-electron chi connectivity index (χ4n) is 2.18. The monoisotopic (exact) mass is 281 g/mol. The Hall–Kier alpha value is -1.89. The van der Waals surface area contributed by atoms with Gasteiger partial charge in [0.15, 0.2) is 15.8 Å². The molecule has 1 aromatic rings. The maximum absolute atomic E-state index is 11.9. The topological polar surface area (TPSA) is 116 Å². The van der Waals surface area contributed by atoms with Crippen LogP contribution >= 0.6 is 0 Å². The average molecular weight is 281 g/mol. The van der Waals surface area contributed by atoms with E-state index in [-0.39, 0.29) is 22.2 Å². The first-order valence-electron chi connectivity index (χ1n) is 5.87. The van der Waals surface area contributed by atoms with E-state index < -0.39 is 15.7 Å². The molecule has 1 heterocycles. The molecule has 1 aliphatic rings. The van der Waals surface area contributed by atoms with Gasteiger partial charge in [-0.1, -0.05) is 13.0 Å². The van der Waals surface area contributed by atoms with Crippen molar-refractivity contribution in [1.82, 2.24) is 0 Å². The first-order chi connectivity index (χ1) is 8.85.